The Balaban J connectivity index is 2.55. The molecule has 0 amide bonds. The van der Waals surface area contributed by atoms with Gasteiger partial charge in [-0.2, -0.15) is 13.2 Å². The highest BCUT2D eigenvalue weighted by Gasteiger charge is 2.34. The van der Waals surface area contributed by atoms with E-state index in [4.69, 9.17) is 6.42 Å². The highest BCUT2D eigenvalue weighted by atomic mass is 19.4. The van der Waals surface area contributed by atoms with Crippen LogP contribution >= 0.6 is 0 Å². The van der Waals surface area contributed by atoms with Crippen LogP contribution in [0, 0.1) is 18.2 Å². The van der Waals surface area contributed by atoms with Gasteiger partial charge in [0.25, 0.3) is 0 Å². The van der Waals surface area contributed by atoms with Gasteiger partial charge in [0.2, 0.25) is 0 Å². The second kappa shape index (κ2) is 4.77. The number of hydrogen-bond acceptors (Lipinski definition) is 0. The molecule has 0 fully saturated rings. The molecule has 2 aromatic carbocycles. The normalized spacial score (nSPS) is 11.1. The third kappa shape index (κ3) is 2.76. The molecular formula is C15H8F4. The van der Waals surface area contributed by atoms with Gasteiger partial charge in [0.1, 0.15) is 5.82 Å². The first-order valence-electron chi connectivity index (χ1n) is 5.35. The largest absolute Gasteiger partial charge is 0.419 e. The molecule has 0 aliphatic rings. The van der Waals surface area contributed by atoms with Crippen molar-refractivity contribution in [1.29, 1.82) is 0 Å². The molecule has 2 rings (SSSR count). The summed E-state index contributed by atoms with van der Waals surface area (Å²) in [5, 5.41) is 0. The second-order valence-corrected chi connectivity index (χ2v) is 3.92. The van der Waals surface area contributed by atoms with E-state index in [1.165, 1.54) is 6.07 Å². The summed E-state index contributed by atoms with van der Waals surface area (Å²) in [6, 6.07) is 9.38. The molecule has 0 aromatic heterocycles. The van der Waals surface area contributed by atoms with E-state index in [0.29, 0.717) is 11.1 Å². The van der Waals surface area contributed by atoms with Gasteiger partial charge in [0.15, 0.2) is 0 Å². The zero-order valence-corrected chi connectivity index (χ0v) is 9.63. The average molecular weight is 264 g/mol. The Morgan fingerprint density at radius 2 is 1.63 bits per heavy atom. The molecule has 0 aliphatic heterocycles. The van der Waals surface area contributed by atoms with E-state index in [0.717, 1.165) is 12.1 Å². The van der Waals surface area contributed by atoms with Gasteiger partial charge in [-0.3, -0.25) is 0 Å². The van der Waals surface area contributed by atoms with Crippen LogP contribution in [0.2, 0.25) is 0 Å². The summed E-state index contributed by atoms with van der Waals surface area (Å²) in [5.74, 6) is 1.11. The zero-order chi connectivity index (χ0) is 14.0. The maximum atomic E-state index is 13.2. The number of benzene rings is 2. The Morgan fingerprint density at radius 1 is 0.947 bits per heavy atom. The molecule has 0 unspecified atom stereocenters. The van der Waals surface area contributed by atoms with Crippen LogP contribution in [0.1, 0.15) is 11.1 Å². The van der Waals surface area contributed by atoms with Crippen LogP contribution in [0.4, 0.5) is 17.6 Å². The number of halogens is 4. The van der Waals surface area contributed by atoms with Crippen molar-refractivity contribution < 1.29 is 17.6 Å². The molecule has 4 heteroatoms. The summed E-state index contributed by atoms with van der Waals surface area (Å²) in [7, 11) is 0. The zero-order valence-electron chi connectivity index (χ0n) is 9.63. The molecule has 0 saturated carbocycles. The molecule has 0 nitrogen and oxygen atoms in total. The van der Waals surface area contributed by atoms with Crippen molar-refractivity contribution in [2.45, 2.75) is 6.18 Å². The Morgan fingerprint density at radius 3 is 2.26 bits per heavy atom. The van der Waals surface area contributed by atoms with Crippen LogP contribution in [0.5, 0.6) is 0 Å². The maximum absolute atomic E-state index is 13.2. The van der Waals surface area contributed by atoms with Gasteiger partial charge >= 0.3 is 6.18 Å². The van der Waals surface area contributed by atoms with Crippen molar-refractivity contribution >= 4 is 0 Å². The number of hydrogen-bond donors (Lipinski definition) is 0. The molecule has 0 saturated heterocycles. The van der Waals surface area contributed by atoms with Crippen LogP contribution in [0.3, 0.4) is 0 Å². The summed E-state index contributed by atoms with van der Waals surface area (Å²) >= 11 is 0. The van der Waals surface area contributed by atoms with Crippen LogP contribution in [-0.4, -0.2) is 0 Å². The molecule has 0 N–H and O–H groups in total. The van der Waals surface area contributed by atoms with E-state index in [2.05, 4.69) is 5.92 Å². The monoisotopic (exact) mass is 264 g/mol. The van der Waals surface area contributed by atoms with Gasteiger partial charge in [-0.15, -0.1) is 6.42 Å². The minimum absolute atomic E-state index is 0.269. The summed E-state index contributed by atoms with van der Waals surface area (Å²) in [5.41, 5.74) is 0.0540. The van der Waals surface area contributed by atoms with E-state index in [9.17, 15) is 17.6 Å². The van der Waals surface area contributed by atoms with E-state index in [-0.39, 0.29) is 5.56 Å². The molecular weight excluding hydrogens is 256 g/mol. The van der Waals surface area contributed by atoms with Crippen LogP contribution in [0.25, 0.3) is 11.1 Å². The SMILES string of the molecule is C#Cc1cccc(-c2ccc(F)c(C(F)(F)F)c2)c1. The van der Waals surface area contributed by atoms with Gasteiger partial charge in [-0.05, 0) is 35.4 Å². The molecule has 96 valence electrons. The van der Waals surface area contributed by atoms with Crippen molar-refractivity contribution in [3.05, 3.63) is 59.4 Å². The number of rotatable bonds is 1. The molecule has 0 bridgehead atoms. The van der Waals surface area contributed by atoms with Crippen LogP contribution in [-0.2, 0) is 6.18 Å². The first-order chi connectivity index (χ1) is 8.91. The maximum Gasteiger partial charge on any atom is 0.419 e. The van der Waals surface area contributed by atoms with E-state index >= 15 is 0 Å². The van der Waals surface area contributed by atoms with Gasteiger partial charge < -0.3 is 0 Å². The van der Waals surface area contributed by atoms with Crippen molar-refractivity contribution in [2.24, 2.45) is 0 Å². The average Bonchev–Trinajstić information content (AvgIpc) is 2.38. The Bertz CT molecular complexity index is 648. The molecule has 19 heavy (non-hydrogen) atoms. The van der Waals surface area contributed by atoms with Crippen molar-refractivity contribution in [2.75, 3.05) is 0 Å². The highest BCUT2D eigenvalue weighted by Crippen LogP contribution is 2.34. The Hall–Kier alpha value is -2.28. The fourth-order valence-electron chi connectivity index (χ4n) is 1.71. The lowest BCUT2D eigenvalue weighted by molar-refractivity contribution is -0.139. The molecule has 0 aliphatic carbocycles. The minimum atomic E-state index is -4.72. The first-order valence-corrected chi connectivity index (χ1v) is 5.35. The predicted molar refractivity (Wildman–Crippen MR) is 64.8 cm³/mol. The van der Waals surface area contributed by atoms with Crippen molar-refractivity contribution in [1.82, 2.24) is 0 Å². The van der Waals surface area contributed by atoms with Gasteiger partial charge in [-0.1, -0.05) is 24.1 Å². The smallest absolute Gasteiger partial charge is 0.206 e. The third-order valence-electron chi connectivity index (χ3n) is 2.63. The van der Waals surface area contributed by atoms with Gasteiger partial charge in [0, 0.05) is 5.56 Å². The molecule has 0 atom stereocenters. The Kier molecular flexibility index (Phi) is 3.30. The van der Waals surface area contributed by atoms with Crippen LogP contribution in [0.15, 0.2) is 42.5 Å². The van der Waals surface area contributed by atoms with Crippen molar-refractivity contribution in [3.8, 4) is 23.5 Å². The van der Waals surface area contributed by atoms with Crippen LogP contribution < -0.4 is 0 Å². The van der Waals surface area contributed by atoms with E-state index in [1.807, 2.05) is 0 Å². The van der Waals surface area contributed by atoms with E-state index in [1.54, 1.807) is 24.3 Å². The predicted octanol–water partition coefficient (Wildman–Crippen LogP) is 4.49. The fourth-order valence-corrected chi connectivity index (χ4v) is 1.71. The number of terminal acetylenes is 1. The summed E-state index contributed by atoms with van der Waals surface area (Å²) in [6.45, 7) is 0. The topological polar surface area (TPSA) is 0 Å². The summed E-state index contributed by atoms with van der Waals surface area (Å²) < 4.78 is 51.0. The lowest BCUT2D eigenvalue weighted by Gasteiger charge is -2.10. The lowest BCUT2D eigenvalue weighted by Crippen LogP contribution is -2.08. The lowest BCUT2D eigenvalue weighted by atomic mass is 10.0. The Labute approximate surface area is 107 Å². The summed E-state index contributed by atoms with van der Waals surface area (Å²) in [6.07, 6.45) is 0.512. The van der Waals surface area contributed by atoms with E-state index < -0.39 is 17.6 Å². The van der Waals surface area contributed by atoms with Gasteiger partial charge in [0.05, 0.1) is 5.56 Å². The fraction of sp³-hybridized carbons (Fsp3) is 0.0667. The minimum Gasteiger partial charge on any atom is -0.206 e. The highest BCUT2D eigenvalue weighted by molar-refractivity contribution is 5.66. The third-order valence-corrected chi connectivity index (χ3v) is 2.63. The van der Waals surface area contributed by atoms with Crippen molar-refractivity contribution in [3.63, 3.8) is 0 Å². The number of alkyl halides is 3. The molecule has 0 heterocycles. The van der Waals surface area contributed by atoms with Gasteiger partial charge in [-0.25, -0.2) is 4.39 Å². The molecule has 2 aromatic rings. The molecule has 0 radical (unpaired) electrons. The molecule has 0 spiro atoms. The summed E-state index contributed by atoms with van der Waals surface area (Å²) in [4.78, 5) is 0. The quantitative estimate of drug-likeness (QED) is 0.525. The standard InChI is InChI=1S/C15H8F4/c1-2-10-4-3-5-11(8-10)12-6-7-14(16)13(9-12)15(17,18)19/h1,3-9H. The first kappa shape index (κ1) is 13.2. The second-order valence-electron chi connectivity index (χ2n) is 3.92.